The van der Waals surface area contributed by atoms with Crippen molar-refractivity contribution in [2.24, 2.45) is 0 Å². The summed E-state index contributed by atoms with van der Waals surface area (Å²) in [5.74, 6) is -0.711. The van der Waals surface area contributed by atoms with Crippen molar-refractivity contribution in [3.8, 4) is 0 Å². The third-order valence-electron chi connectivity index (χ3n) is 5.55. The lowest BCUT2D eigenvalue weighted by Gasteiger charge is -2.24. The monoisotopic (exact) mass is 393 g/mol. The third-order valence-corrected chi connectivity index (χ3v) is 5.55. The Kier molecular flexibility index (Phi) is 5.69. The summed E-state index contributed by atoms with van der Waals surface area (Å²) in [5, 5.41) is 2.98. The van der Waals surface area contributed by atoms with Gasteiger partial charge in [-0.3, -0.25) is 19.5 Å². The standard InChI is InChI=1S/C23H24FN3O2/c24-17-8-10-18(11-9-17)27-20(22-19(23(27)29)7-4-13-26-22)15-21(28)25-14-12-16-5-2-1-3-6-16/h4-5,7-11,13,20H,1-3,6,12,14-15H2,(H,25,28)/t20-/m0/s1. The number of carbonyl (C=O) groups excluding carboxylic acids is 2. The van der Waals surface area contributed by atoms with E-state index in [-0.39, 0.29) is 24.1 Å². The molecule has 2 heterocycles. The van der Waals surface area contributed by atoms with E-state index in [9.17, 15) is 14.0 Å². The number of pyridine rings is 1. The van der Waals surface area contributed by atoms with Crippen molar-refractivity contribution < 1.29 is 14.0 Å². The van der Waals surface area contributed by atoms with Crippen LogP contribution in [-0.4, -0.2) is 23.3 Å². The van der Waals surface area contributed by atoms with Crippen LogP contribution in [0.2, 0.25) is 0 Å². The molecule has 1 aromatic heterocycles. The van der Waals surface area contributed by atoms with E-state index >= 15 is 0 Å². The van der Waals surface area contributed by atoms with Gasteiger partial charge >= 0.3 is 0 Å². The van der Waals surface area contributed by atoms with Crippen molar-refractivity contribution >= 4 is 17.5 Å². The minimum absolute atomic E-state index is 0.117. The predicted octanol–water partition coefficient (Wildman–Crippen LogP) is 4.32. The Bertz CT molecular complexity index is 939. The van der Waals surface area contributed by atoms with Crippen LogP contribution in [0.1, 0.15) is 60.6 Å². The second kappa shape index (κ2) is 8.55. The molecule has 0 saturated carbocycles. The van der Waals surface area contributed by atoms with Gasteiger partial charge in [-0.15, -0.1) is 0 Å². The molecule has 6 heteroatoms. The van der Waals surface area contributed by atoms with Gasteiger partial charge in [-0.25, -0.2) is 4.39 Å². The first kappa shape index (κ1) is 19.3. The van der Waals surface area contributed by atoms with E-state index in [4.69, 9.17) is 0 Å². The van der Waals surface area contributed by atoms with Crippen LogP contribution in [0.5, 0.6) is 0 Å². The summed E-state index contributed by atoms with van der Waals surface area (Å²) in [6, 6.07) is 8.66. The van der Waals surface area contributed by atoms with Crippen LogP contribution in [0, 0.1) is 5.82 Å². The number of nitrogens with one attached hydrogen (secondary N) is 1. The second-order valence-corrected chi connectivity index (χ2v) is 7.52. The van der Waals surface area contributed by atoms with Crippen LogP contribution < -0.4 is 10.2 Å². The topological polar surface area (TPSA) is 62.3 Å². The van der Waals surface area contributed by atoms with E-state index in [0.717, 1.165) is 19.3 Å². The molecule has 29 heavy (non-hydrogen) atoms. The highest BCUT2D eigenvalue weighted by Crippen LogP contribution is 2.38. The third kappa shape index (κ3) is 4.21. The van der Waals surface area contributed by atoms with Crippen LogP contribution in [-0.2, 0) is 4.79 Å². The average Bonchev–Trinajstić information content (AvgIpc) is 3.01. The maximum absolute atomic E-state index is 13.3. The number of rotatable bonds is 6. The van der Waals surface area contributed by atoms with Crippen molar-refractivity contribution in [1.29, 1.82) is 0 Å². The first-order chi connectivity index (χ1) is 14.1. The lowest BCUT2D eigenvalue weighted by molar-refractivity contribution is -0.121. The van der Waals surface area contributed by atoms with Gasteiger partial charge < -0.3 is 5.32 Å². The van der Waals surface area contributed by atoms with E-state index in [1.807, 2.05) is 0 Å². The van der Waals surface area contributed by atoms with Crippen LogP contribution in [0.3, 0.4) is 0 Å². The molecule has 2 amide bonds. The maximum Gasteiger partial charge on any atom is 0.260 e. The van der Waals surface area contributed by atoms with Gasteiger partial charge in [0.05, 0.1) is 23.7 Å². The number of nitrogens with zero attached hydrogens (tertiary/aromatic N) is 2. The number of halogens is 1. The fourth-order valence-electron chi connectivity index (χ4n) is 4.09. The Morgan fingerprint density at radius 2 is 2.03 bits per heavy atom. The number of benzene rings is 1. The molecule has 0 spiro atoms. The molecule has 2 aliphatic rings. The number of anilines is 1. The molecule has 0 saturated heterocycles. The van der Waals surface area contributed by atoms with Crippen LogP contribution in [0.25, 0.3) is 0 Å². The lowest BCUT2D eigenvalue weighted by Crippen LogP contribution is -2.33. The molecule has 1 atom stereocenters. The Morgan fingerprint density at radius 1 is 1.21 bits per heavy atom. The van der Waals surface area contributed by atoms with E-state index in [1.165, 1.54) is 30.5 Å². The van der Waals surface area contributed by atoms with Crippen molar-refractivity contribution in [1.82, 2.24) is 10.3 Å². The number of hydrogen-bond acceptors (Lipinski definition) is 3. The number of amides is 2. The molecule has 5 nitrogen and oxygen atoms in total. The number of carbonyl (C=O) groups is 2. The summed E-state index contributed by atoms with van der Waals surface area (Å²) in [6.07, 6.45) is 9.60. The van der Waals surface area contributed by atoms with E-state index < -0.39 is 6.04 Å². The lowest BCUT2D eigenvalue weighted by atomic mass is 9.97. The fraction of sp³-hybridized carbons (Fsp3) is 0.348. The van der Waals surface area contributed by atoms with Gasteiger partial charge in [0.1, 0.15) is 5.82 Å². The highest BCUT2D eigenvalue weighted by Gasteiger charge is 2.39. The van der Waals surface area contributed by atoms with Gasteiger partial charge in [0.15, 0.2) is 0 Å². The molecule has 1 N–H and O–H groups in total. The first-order valence-corrected chi connectivity index (χ1v) is 10.1. The molecule has 0 radical (unpaired) electrons. The molecule has 4 rings (SSSR count). The van der Waals surface area contributed by atoms with Crippen LogP contribution in [0.15, 0.2) is 54.2 Å². The van der Waals surface area contributed by atoms with Crippen molar-refractivity contribution in [2.45, 2.75) is 44.6 Å². The summed E-state index contributed by atoms with van der Waals surface area (Å²) < 4.78 is 13.3. The average molecular weight is 393 g/mol. The summed E-state index contributed by atoms with van der Waals surface area (Å²) in [6.45, 7) is 0.594. The Morgan fingerprint density at radius 3 is 2.79 bits per heavy atom. The number of fused-ring (bicyclic) bond motifs is 1. The first-order valence-electron chi connectivity index (χ1n) is 10.1. The van der Waals surface area contributed by atoms with Gasteiger partial charge in [-0.05, 0) is 68.5 Å². The molecule has 0 unspecified atom stereocenters. The Labute approximate surface area is 169 Å². The molecular weight excluding hydrogens is 369 g/mol. The largest absolute Gasteiger partial charge is 0.356 e. The SMILES string of the molecule is O=C(C[C@H]1c2ncccc2C(=O)N1c1ccc(F)cc1)NCCC1=CCCCC1. The Hall–Kier alpha value is -3.02. The maximum atomic E-state index is 13.3. The number of allylic oxidation sites excluding steroid dienone is 1. The van der Waals surface area contributed by atoms with Gasteiger partial charge in [0.25, 0.3) is 5.91 Å². The number of hydrogen-bond donors (Lipinski definition) is 1. The molecule has 2 aromatic rings. The molecule has 1 aliphatic heterocycles. The van der Waals surface area contributed by atoms with E-state index in [1.54, 1.807) is 35.4 Å². The molecule has 1 aliphatic carbocycles. The minimum atomic E-state index is -0.502. The van der Waals surface area contributed by atoms with Gasteiger partial charge in [0, 0.05) is 18.4 Å². The summed E-state index contributed by atoms with van der Waals surface area (Å²) in [5.41, 5.74) is 3.04. The predicted molar refractivity (Wildman–Crippen MR) is 109 cm³/mol. The zero-order valence-electron chi connectivity index (χ0n) is 16.2. The van der Waals surface area contributed by atoms with Crippen molar-refractivity contribution in [2.75, 3.05) is 11.4 Å². The fourth-order valence-corrected chi connectivity index (χ4v) is 4.09. The normalized spacial score (nSPS) is 18.4. The Balaban J connectivity index is 1.48. The van der Waals surface area contributed by atoms with Crippen LogP contribution >= 0.6 is 0 Å². The molecule has 1 aromatic carbocycles. The minimum Gasteiger partial charge on any atom is -0.356 e. The van der Waals surface area contributed by atoms with E-state index in [2.05, 4.69) is 16.4 Å². The molecule has 150 valence electrons. The highest BCUT2D eigenvalue weighted by molar-refractivity contribution is 6.11. The van der Waals surface area contributed by atoms with Crippen molar-refractivity contribution in [3.63, 3.8) is 0 Å². The van der Waals surface area contributed by atoms with Crippen LogP contribution in [0.4, 0.5) is 10.1 Å². The molecule has 0 fully saturated rings. The summed E-state index contributed by atoms with van der Waals surface area (Å²) in [7, 11) is 0. The van der Waals surface area contributed by atoms with Gasteiger partial charge in [0.2, 0.25) is 5.91 Å². The highest BCUT2D eigenvalue weighted by atomic mass is 19.1. The number of aromatic nitrogens is 1. The van der Waals surface area contributed by atoms with Gasteiger partial charge in [-0.2, -0.15) is 0 Å². The van der Waals surface area contributed by atoms with Gasteiger partial charge in [-0.1, -0.05) is 11.6 Å². The second-order valence-electron chi connectivity index (χ2n) is 7.52. The molecule has 0 bridgehead atoms. The zero-order valence-corrected chi connectivity index (χ0v) is 16.2. The summed E-state index contributed by atoms with van der Waals surface area (Å²) in [4.78, 5) is 31.5. The van der Waals surface area contributed by atoms with E-state index in [0.29, 0.717) is 23.5 Å². The van der Waals surface area contributed by atoms with Crippen molar-refractivity contribution in [3.05, 3.63) is 71.3 Å². The summed E-state index contributed by atoms with van der Waals surface area (Å²) >= 11 is 0. The smallest absolute Gasteiger partial charge is 0.260 e. The molecular formula is C23H24FN3O2. The zero-order chi connectivity index (χ0) is 20.2. The quantitative estimate of drug-likeness (QED) is 0.744.